The third-order valence-corrected chi connectivity index (χ3v) is 6.09. The maximum absolute atomic E-state index is 12.6. The van der Waals surface area contributed by atoms with Gasteiger partial charge in [-0.2, -0.15) is 5.26 Å². The zero-order chi connectivity index (χ0) is 23.9. The van der Waals surface area contributed by atoms with Crippen molar-refractivity contribution in [2.45, 2.75) is 32.3 Å². The van der Waals surface area contributed by atoms with Crippen LogP contribution in [0.5, 0.6) is 10.8 Å². The molecule has 0 saturated heterocycles. The van der Waals surface area contributed by atoms with Crippen LogP contribution in [0.4, 0.5) is 9.93 Å². The number of anilines is 1. The number of nitriles is 1. The molecule has 4 rings (SSSR count). The lowest BCUT2D eigenvalue weighted by Crippen LogP contribution is -2.34. The van der Waals surface area contributed by atoms with E-state index in [1.54, 1.807) is 31.2 Å². The summed E-state index contributed by atoms with van der Waals surface area (Å²) in [6.45, 7) is 2.02. The van der Waals surface area contributed by atoms with Crippen LogP contribution in [0, 0.1) is 17.2 Å². The van der Waals surface area contributed by atoms with Gasteiger partial charge < -0.3 is 20.1 Å². The van der Waals surface area contributed by atoms with E-state index < -0.39 is 12.0 Å². The summed E-state index contributed by atoms with van der Waals surface area (Å²) < 4.78 is 11.2. The van der Waals surface area contributed by atoms with Crippen LogP contribution in [0.15, 0.2) is 54.6 Å². The molecule has 2 aromatic carbocycles. The first kappa shape index (κ1) is 23.3. The average molecular weight is 477 g/mol. The van der Waals surface area contributed by atoms with Gasteiger partial charge in [0.25, 0.3) is 0 Å². The Morgan fingerprint density at radius 1 is 1.18 bits per heavy atom. The number of benzene rings is 2. The van der Waals surface area contributed by atoms with E-state index in [-0.39, 0.29) is 19.1 Å². The molecule has 0 spiro atoms. The van der Waals surface area contributed by atoms with E-state index in [1.807, 2.05) is 30.3 Å². The van der Waals surface area contributed by atoms with Gasteiger partial charge in [0.05, 0.1) is 17.6 Å². The molecule has 1 atom stereocenters. The summed E-state index contributed by atoms with van der Waals surface area (Å²) in [6.07, 6.45) is 1.49. The molecule has 174 valence electrons. The normalized spacial score (nSPS) is 13.4. The third kappa shape index (κ3) is 6.33. The number of thiazole rings is 1. The van der Waals surface area contributed by atoms with E-state index in [0.29, 0.717) is 27.4 Å². The summed E-state index contributed by atoms with van der Waals surface area (Å²) in [5.41, 5.74) is 2.27. The first-order valence-electron chi connectivity index (χ1n) is 11.0. The Morgan fingerprint density at radius 3 is 2.59 bits per heavy atom. The number of hydrogen-bond acceptors (Lipinski definition) is 7. The number of nitrogens with zero attached hydrogens (tertiary/aromatic N) is 2. The summed E-state index contributed by atoms with van der Waals surface area (Å²) in [5.74, 6) is 0.188. The van der Waals surface area contributed by atoms with Crippen LogP contribution in [-0.4, -0.2) is 23.5 Å². The topological polar surface area (TPSA) is 113 Å². The van der Waals surface area contributed by atoms with Gasteiger partial charge in [-0.25, -0.2) is 9.78 Å². The van der Waals surface area contributed by atoms with Crippen LogP contribution in [0.1, 0.15) is 42.5 Å². The summed E-state index contributed by atoms with van der Waals surface area (Å²) >= 11 is 1.27. The SMILES string of the molecule is CC(CNC(=O)OCc1ccccc1)C(=O)Nc1nc(C2CC2)c(Oc2ccc(C#N)cc2)s1. The molecule has 2 N–H and O–H groups in total. The van der Waals surface area contributed by atoms with E-state index in [2.05, 4.69) is 21.7 Å². The van der Waals surface area contributed by atoms with Crippen molar-refractivity contribution in [2.75, 3.05) is 11.9 Å². The molecule has 1 aromatic heterocycles. The Labute approximate surface area is 201 Å². The Bertz CT molecular complexity index is 1180. The lowest BCUT2D eigenvalue weighted by molar-refractivity contribution is -0.119. The number of hydrogen-bond donors (Lipinski definition) is 2. The molecule has 0 aliphatic heterocycles. The first-order chi connectivity index (χ1) is 16.5. The van der Waals surface area contributed by atoms with Crippen molar-refractivity contribution in [3.05, 3.63) is 71.4 Å². The second-order valence-corrected chi connectivity index (χ2v) is 9.00. The van der Waals surface area contributed by atoms with E-state index in [9.17, 15) is 9.59 Å². The zero-order valence-electron chi connectivity index (χ0n) is 18.6. The minimum Gasteiger partial charge on any atom is -0.445 e. The number of ether oxygens (including phenoxy) is 2. The van der Waals surface area contributed by atoms with Gasteiger partial charge in [-0.3, -0.25) is 4.79 Å². The Balaban J connectivity index is 1.30. The summed E-state index contributed by atoms with van der Waals surface area (Å²) in [6, 6.07) is 18.3. The van der Waals surface area contributed by atoms with Crippen molar-refractivity contribution >= 4 is 28.5 Å². The number of rotatable bonds is 9. The molecule has 9 heteroatoms. The standard InChI is InChI=1S/C25H24N4O4S/c1-16(14-27-25(31)32-15-18-5-3-2-4-6-18)22(30)29-24-28-21(19-9-10-19)23(34-24)33-20-11-7-17(13-26)8-12-20/h2-8,11-12,16,19H,9-10,14-15H2,1H3,(H,27,31)(H,28,29,30). The van der Waals surface area contributed by atoms with Gasteiger partial charge in [0.1, 0.15) is 18.1 Å². The highest BCUT2D eigenvalue weighted by Crippen LogP contribution is 2.48. The lowest BCUT2D eigenvalue weighted by atomic mass is 10.1. The molecule has 34 heavy (non-hydrogen) atoms. The quantitative estimate of drug-likeness (QED) is 0.440. The molecule has 1 heterocycles. The smallest absolute Gasteiger partial charge is 0.407 e. The molecule has 0 bridgehead atoms. The van der Waals surface area contributed by atoms with E-state index in [4.69, 9.17) is 14.7 Å². The summed E-state index contributed by atoms with van der Waals surface area (Å²) in [7, 11) is 0. The number of amides is 2. The van der Waals surface area contributed by atoms with Crippen molar-refractivity contribution in [3.63, 3.8) is 0 Å². The number of aromatic nitrogens is 1. The molecule has 3 aromatic rings. The molecule has 0 radical (unpaired) electrons. The fourth-order valence-corrected chi connectivity index (χ4v) is 4.02. The van der Waals surface area contributed by atoms with Gasteiger partial charge in [-0.15, -0.1) is 0 Å². The van der Waals surface area contributed by atoms with Crippen LogP contribution in [0.3, 0.4) is 0 Å². The molecule has 1 unspecified atom stereocenters. The zero-order valence-corrected chi connectivity index (χ0v) is 19.4. The van der Waals surface area contributed by atoms with Crippen LogP contribution >= 0.6 is 11.3 Å². The minimum absolute atomic E-state index is 0.134. The monoisotopic (exact) mass is 476 g/mol. The third-order valence-electron chi connectivity index (χ3n) is 5.22. The van der Waals surface area contributed by atoms with Gasteiger partial charge in [0.2, 0.25) is 11.0 Å². The number of alkyl carbamates (subject to hydrolysis) is 1. The maximum atomic E-state index is 12.6. The van der Waals surface area contributed by atoms with Crippen molar-refractivity contribution in [1.82, 2.24) is 10.3 Å². The molecular weight excluding hydrogens is 452 g/mol. The van der Waals surface area contributed by atoms with Gasteiger partial charge in [0.15, 0.2) is 5.13 Å². The van der Waals surface area contributed by atoms with Crippen molar-refractivity contribution in [1.29, 1.82) is 5.26 Å². The average Bonchev–Trinajstić information content (AvgIpc) is 3.63. The Hall–Kier alpha value is -3.90. The molecule has 1 fully saturated rings. The van der Waals surface area contributed by atoms with Crippen LogP contribution in [-0.2, 0) is 16.1 Å². The van der Waals surface area contributed by atoms with Crippen LogP contribution < -0.4 is 15.4 Å². The lowest BCUT2D eigenvalue weighted by Gasteiger charge is -2.12. The maximum Gasteiger partial charge on any atom is 0.407 e. The van der Waals surface area contributed by atoms with Gasteiger partial charge in [-0.1, -0.05) is 48.6 Å². The van der Waals surface area contributed by atoms with Crippen molar-refractivity contribution in [2.24, 2.45) is 5.92 Å². The molecule has 8 nitrogen and oxygen atoms in total. The van der Waals surface area contributed by atoms with Crippen LogP contribution in [0.2, 0.25) is 0 Å². The predicted molar refractivity (Wildman–Crippen MR) is 128 cm³/mol. The number of carbonyl (C=O) groups is 2. The highest BCUT2D eigenvalue weighted by atomic mass is 32.1. The van der Waals surface area contributed by atoms with Gasteiger partial charge >= 0.3 is 6.09 Å². The molecule has 1 aliphatic carbocycles. The first-order valence-corrected chi connectivity index (χ1v) is 11.8. The highest BCUT2D eigenvalue weighted by molar-refractivity contribution is 7.17. The summed E-state index contributed by atoms with van der Waals surface area (Å²) in [4.78, 5) is 29.1. The molecule has 1 aliphatic rings. The second kappa shape index (κ2) is 10.8. The van der Waals surface area contributed by atoms with Gasteiger partial charge in [0, 0.05) is 12.5 Å². The highest BCUT2D eigenvalue weighted by Gasteiger charge is 2.31. The fraction of sp³-hybridized carbons (Fsp3) is 0.280. The fourth-order valence-electron chi connectivity index (χ4n) is 3.10. The van der Waals surface area contributed by atoms with E-state index >= 15 is 0 Å². The van der Waals surface area contributed by atoms with Crippen molar-refractivity contribution < 1.29 is 19.1 Å². The predicted octanol–water partition coefficient (Wildman–Crippen LogP) is 5.19. The van der Waals surface area contributed by atoms with E-state index in [1.165, 1.54) is 11.3 Å². The van der Waals surface area contributed by atoms with E-state index in [0.717, 1.165) is 24.1 Å². The largest absolute Gasteiger partial charge is 0.445 e. The minimum atomic E-state index is -0.577. The Kier molecular flexibility index (Phi) is 7.40. The molecule has 1 saturated carbocycles. The number of carbonyl (C=O) groups excluding carboxylic acids is 2. The Morgan fingerprint density at radius 2 is 1.91 bits per heavy atom. The van der Waals surface area contributed by atoms with Crippen LogP contribution in [0.25, 0.3) is 0 Å². The number of nitrogens with one attached hydrogen (secondary N) is 2. The van der Waals surface area contributed by atoms with Crippen molar-refractivity contribution in [3.8, 4) is 16.9 Å². The molecule has 2 amide bonds. The molecular formula is C25H24N4O4S. The van der Waals surface area contributed by atoms with Gasteiger partial charge in [-0.05, 0) is 42.7 Å². The second-order valence-electron chi connectivity index (χ2n) is 8.04. The summed E-state index contributed by atoms with van der Waals surface area (Å²) in [5, 5.41) is 15.5.